The number of hydrogen-bond acceptors (Lipinski definition) is 2. The highest BCUT2D eigenvalue weighted by Crippen LogP contribution is 2.47. The Labute approximate surface area is 193 Å². The van der Waals surface area contributed by atoms with E-state index in [4.69, 9.17) is 0 Å². The van der Waals surface area contributed by atoms with E-state index >= 15 is 8.63 Å². The van der Waals surface area contributed by atoms with Gasteiger partial charge in [0.1, 0.15) is 5.71 Å². The van der Waals surface area contributed by atoms with E-state index in [1.807, 2.05) is 13.8 Å². The third kappa shape index (κ3) is 2.70. The molecule has 150 valence electrons. The van der Waals surface area contributed by atoms with E-state index in [0.29, 0.717) is 33.9 Å². The molecule has 29 heavy (non-hydrogen) atoms. The van der Waals surface area contributed by atoms with Crippen LogP contribution in [0.1, 0.15) is 36.4 Å². The summed E-state index contributed by atoms with van der Waals surface area (Å²) in [6.45, 7) is 3.06. The lowest BCUT2D eigenvalue weighted by Gasteiger charge is -2.33. The molecule has 0 saturated heterocycles. The molecule has 2 aromatic rings. The van der Waals surface area contributed by atoms with E-state index in [9.17, 15) is 10.1 Å². The molecule has 2 aliphatic rings. The number of nitro groups is 1. The first kappa shape index (κ1) is 20.7. The maximum atomic E-state index is 15.8. The van der Waals surface area contributed by atoms with E-state index in [1.165, 1.54) is 12.1 Å². The molecule has 0 spiro atoms. The van der Waals surface area contributed by atoms with Crippen molar-refractivity contribution in [1.82, 2.24) is 4.48 Å². The van der Waals surface area contributed by atoms with Crippen LogP contribution in [-0.4, -0.2) is 26.6 Å². The molecule has 0 atom stereocenters. The van der Waals surface area contributed by atoms with Crippen molar-refractivity contribution >= 4 is 69.1 Å². The SMILES string of the molecule is CC1=C(I)C(C)=[N+]2C1=C(c1ccc([N+](=O)[O-])cc1)c1c(C)c(I)c(C)n1[B-]2(F)F. The van der Waals surface area contributed by atoms with Crippen LogP contribution in [0.4, 0.5) is 14.3 Å². The van der Waals surface area contributed by atoms with Crippen molar-refractivity contribution < 1.29 is 18.0 Å². The molecule has 4 rings (SSSR count). The van der Waals surface area contributed by atoms with E-state index in [1.54, 1.807) is 26.0 Å². The minimum Gasteiger partial charge on any atom is -0.392 e. The molecule has 1 aromatic carbocycles. The molecule has 3 heterocycles. The molecular weight excluding hydrogens is 605 g/mol. The largest absolute Gasteiger partial charge is 0.737 e. The Hall–Kier alpha value is -1.57. The second-order valence-corrected chi connectivity index (χ2v) is 9.41. The van der Waals surface area contributed by atoms with Gasteiger partial charge < -0.3 is 17.6 Å². The number of nitrogens with zero attached hydrogens (tertiary/aromatic N) is 3. The van der Waals surface area contributed by atoms with E-state index < -0.39 is 11.9 Å². The summed E-state index contributed by atoms with van der Waals surface area (Å²) in [5.41, 5.74) is 4.91. The summed E-state index contributed by atoms with van der Waals surface area (Å²) in [6, 6.07) is 6.12. The Morgan fingerprint density at radius 3 is 2.24 bits per heavy atom. The Morgan fingerprint density at radius 1 is 1.10 bits per heavy atom. The van der Waals surface area contributed by atoms with Crippen molar-refractivity contribution in [2.75, 3.05) is 0 Å². The first-order chi connectivity index (χ1) is 13.5. The average molecular weight is 621 g/mol. The van der Waals surface area contributed by atoms with Gasteiger partial charge in [-0.3, -0.25) is 10.1 Å². The van der Waals surface area contributed by atoms with Crippen molar-refractivity contribution in [1.29, 1.82) is 0 Å². The summed E-state index contributed by atoms with van der Waals surface area (Å²) in [6.07, 6.45) is 0. The quantitative estimate of drug-likeness (QED) is 0.184. The van der Waals surface area contributed by atoms with Gasteiger partial charge in [0.05, 0.1) is 14.1 Å². The molecule has 0 saturated carbocycles. The second kappa shape index (κ2) is 6.72. The molecule has 5 nitrogen and oxygen atoms in total. The van der Waals surface area contributed by atoms with Gasteiger partial charge in [-0.2, -0.15) is 0 Å². The third-order valence-electron chi connectivity index (χ3n) is 5.67. The first-order valence-corrected chi connectivity index (χ1v) is 11.0. The monoisotopic (exact) mass is 621 g/mol. The predicted octanol–water partition coefficient (Wildman–Crippen LogP) is 5.81. The molecular formula is C19H16BF2I2N3O2. The standard InChI is InChI=1S/C19H16BF2I2N3O2/c1-9-16(23)11(3)25-18(9)15(13-5-7-14(8-6-13)27(28)29)19-10(2)17(24)12(4)26(19)20(25,21)22/h5-8H,1-4H3. The number of halogens is 4. The van der Waals surface area contributed by atoms with Crippen molar-refractivity contribution in [2.45, 2.75) is 27.7 Å². The number of nitro benzene ring substituents is 1. The van der Waals surface area contributed by atoms with Gasteiger partial charge in [0.25, 0.3) is 5.69 Å². The summed E-state index contributed by atoms with van der Waals surface area (Å²) >= 11 is 4.23. The lowest BCUT2D eigenvalue weighted by Crippen LogP contribution is -2.51. The van der Waals surface area contributed by atoms with E-state index in [-0.39, 0.29) is 5.69 Å². The van der Waals surface area contributed by atoms with E-state index in [0.717, 1.165) is 27.3 Å². The van der Waals surface area contributed by atoms with Gasteiger partial charge in [-0.1, -0.05) is 0 Å². The van der Waals surface area contributed by atoms with Gasteiger partial charge >= 0.3 is 6.97 Å². The number of aromatic nitrogens is 1. The minimum atomic E-state index is -4.07. The molecule has 0 aliphatic carbocycles. The van der Waals surface area contributed by atoms with Gasteiger partial charge in [0.2, 0.25) is 0 Å². The Kier molecular flexibility index (Phi) is 4.80. The van der Waals surface area contributed by atoms with Gasteiger partial charge in [-0.15, -0.1) is 0 Å². The normalized spacial score (nSPS) is 17.8. The number of fused-ring (bicyclic) bond motifs is 2. The van der Waals surface area contributed by atoms with Crippen LogP contribution in [0.3, 0.4) is 0 Å². The zero-order chi connectivity index (χ0) is 21.4. The van der Waals surface area contributed by atoms with Crippen LogP contribution in [0.5, 0.6) is 0 Å². The Bertz CT molecular complexity index is 1210. The Balaban J connectivity index is 2.16. The van der Waals surface area contributed by atoms with Crippen LogP contribution < -0.4 is 0 Å². The Morgan fingerprint density at radius 2 is 1.69 bits per heavy atom. The lowest BCUT2D eigenvalue weighted by atomic mass is 9.84. The van der Waals surface area contributed by atoms with Crippen LogP contribution >= 0.6 is 45.2 Å². The number of allylic oxidation sites excluding steroid dienone is 2. The second-order valence-electron chi connectivity index (χ2n) is 7.25. The van der Waals surface area contributed by atoms with Crippen LogP contribution in [0.2, 0.25) is 0 Å². The molecule has 10 heteroatoms. The van der Waals surface area contributed by atoms with E-state index in [2.05, 4.69) is 45.2 Å². The van der Waals surface area contributed by atoms with Crippen LogP contribution in [0.25, 0.3) is 5.57 Å². The lowest BCUT2D eigenvalue weighted by molar-refractivity contribution is -0.384. The fourth-order valence-corrected chi connectivity index (χ4v) is 5.33. The van der Waals surface area contributed by atoms with Crippen LogP contribution in [0, 0.1) is 27.5 Å². The molecule has 0 unspecified atom stereocenters. The molecule has 0 fully saturated rings. The smallest absolute Gasteiger partial charge is 0.392 e. The summed E-state index contributed by atoms with van der Waals surface area (Å²) < 4.78 is 35.6. The molecule has 0 N–H and O–H groups in total. The minimum absolute atomic E-state index is 0.0320. The van der Waals surface area contributed by atoms with Crippen molar-refractivity contribution in [2.24, 2.45) is 0 Å². The van der Waals surface area contributed by atoms with Crippen molar-refractivity contribution in [3.63, 3.8) is 0 Å². The van der Waals surface area contributed by atoms with Gasteiger partial charge in [0.15, 0.2) is 5.70 Å². The number of non-ortho nitro benzene ring substituents is 1. The first-order valence-electron chi connectivity index (χ1n) is 8.89. The van der Waals surface area contributed by atoms with Crippen molar-refractivity contribution in [3.8, 4) is 0 Å². The van der Waals surface area contributed by atoms with Crippen LogP contribution in [-0.2, 0) is 0 Å². The van der Waals surface area contributed by atoms with Crippen LogP contribution in [0.15, 0.2) is 39.1 Å². The summed E-state index contributed by atoms with van der Waals surface area (Å²) in [5, 5.41) is 11.1. The molecule has 1 aromatic heterocycles. The maximum absolute atomic E-state index is 15.8. The predicted molar refractivity (Wildman–Crippen MR) is 127 cm³/mol. The number of hydrogen-bond donors (Lipinski definition) is 0. The third-order valence-corrected chi connectivity index (χ3v) is 8.85. The summed E-state index contributed by atoms with van der Waals surface area (Å²) in [7, 11) is 0. The fourth-order valence-electron chi connectivity index (χ4n) is 4.30. The number of rotatable bonds is 2. The summed E-state index contributed by atoms with van der Waals surface area (Å²) in [5.74, 6) is 0. The zero-order valence-electron chi connectivity index (χ0n) is 16.1. The molecule has 0 amide bonds. The highest BCUT2D eigenvalue weighted by atomic mass is 127. The van der Waals surface area contributed by atoms with Gasteiger partial charge in [0, 0.05) is 33.9 Å². The molecule has 2 aliphatic heterocycles. The average Bonchev–Trinajstić information content (AvgIpc) is 3.04. The number of benzene rings is 1. The maximum Gasteiger partial charge on any atom is 0.737 e. The van der Waals surface area contributed by atoms with Gasteiger partial charge in [-0.05, 0) is 94.9 Å². The molecule has 0 bridgehead atoms. The zero-order valence-corrected chi connectivity index (χ0v) is 20.4. The topological polar surface area (TPSA) is 51.1 Å². The van der Waals surface area contributed by atoms with Crippen molar-refractivity contribution in [3.05, 3.63) is 75.3 Å². The highest BCUT2D eigenvalue weighted by Gasteiger charge is 2.56. The summed E-state index contributed by atoms with van der Waals surface area (Å²) in [4.78, 5) is 10.6. The highest BCUT2D eigenvalue weighted by molar-refractivity contribution is 14.1. The van der Waals surface area contributed by atoms with Gasteiger partial charge in [-0.25, -0.2) is 0 Å². The fraction of sp³-hybridized carbons (Fsp3) is 0.211. The molecule has 0 radical (unpaired) electrons.